The number of thioether (sulfide) groups is 1. The predicted molar refractivity (Wildman–Crippen MR) is 100 cm³/mol. The molecule has 4 nitrogen and oxygen atoms in total. The molecule has 4 rings (SSSR count). The lowest BCUT2D eigenvalue weighted by molar-refractivity contribution is -0.426. The molecule has 0 bridgehead atoms. The maximum absolute atomic E-state index is 14.2. The number of urea groups is 1. The Morgan fingerprint density at radius 3 is 2.54 bits per heavy atom. The summed E-state index contributed by atoms with van der Waals surface area (Å²) in [6.07, 6.45) is 2.45. The van der Waals surface area contributed by atoms with Gasteiger partial charge in [0.25, 0.3) is 0 Å². The van der Waals surface area contributed by atoms with Crippen molar-refractivity contribution >= 4 is 35.1 Å². The summed E-state index contributed by atoms with van der Waals surface area (Å²) < 4.78 is 15.8. The van der Waals surface area contributed by atoms with Crippen LogP contribution in [-0.2, 0) is 11.2 Å². The largest absolute Gasteiger partial charge is 0.506 e. The second-order valence-electron chi connectivity index (χ2n) is 6.04. The molecule has 1 unspecified atom stereocenters. The fraction of sp³-hybridized carbons (Fsp3) is 0.150. The Labute approximate surface area is 154 Å². The molecule has 0 spiro atoms. The Morgan fingerprint density at radius 2 is 1.77 bits per heavy atom. The van der Waals surface area contributed by atoms with E-state index in [1.54, 1.807) is 16.7 Å². The van der Waals surface area contributed by atoms with Crippen molar-refractivity contribution in [3.8, 4) is 0 Å². The number of carbonyl (C=O) groups excluding carboxylic acids is 2. The first kappa shape index (κ1) is 16.7. The van der Waals surface area contributed by atoms with Gasteiger partial charge in [0, 0.05) is 6.42 Å². The van der Waals surface area contributed by atoms with Crippen LogP contribution in [-0.4, -0.2) is 34.0 Å². The molecular weight excluding hydrogens is 351 g/mol. The molecule has 0 radical (unpaired) electrons. The summed E-state index contributed by atoms with van der Waals surface area (Å²) in [6.45, 7) is 0.428. The van der Waals surface area contributed by atoms with Crippen molar-refractivity contribution < 1.29 is 18.6 Å². The van der Waals surface area contributed by atoms with Gasteiger partial charge < -0.3 is 0 Å². The summed E-state index contributed by atoms with van der Waals surface area (Å²) >= 11 is 1.34. The van der Waals surface area contributed by atoms with Gasteiger partial charge in [-0.2, -0.15) is 9.37 Å². The highest BCUT2D eigenvalue weighted by Gasteiger charge is 2.50. The molecule has 2 aromatic carbocycles. The zero-order valence-electron chi connectivity index (χ0n) is 13.8. The monoisotopic (exact) mass is 367 g/mol. The molecule has 2 aromatic rings. The minimum absolute atomic E-state index is 0.00115. The number of allylic oxidation sites excluding steroid dienone is 1. The van der Waals surface area contributed by atoms with E-state index >= 15 is 0 Å². The van der Waals surface area contributed by atoms with Crippen LogP contribution < -0.4 is 4.90 Å². The maximum Gasteiger partial charge on any atom is 0.506 e. The number of carbonyl (C=O) groups is 2. The molecule has 0 N–H and O–H groups in total. The van der Waals surface area contributed by atoms with Crippen LogP contribution in [0.5, 0.6) is 0 Å². The van der Waals surface area contributed by atoms with E-state index in [4.69, 9.17) is 0 Å². The second kappa shape index (κ2) is 6.88. The molecule has 130 valence electrons. The van der Waals surface area contributed by atoms with Crippen LogP contribution in [0.1, 0.15) is 5.56 Å². The highest BCUT2D eigenvalue weighted by Crippen LogP contribution is 2.31. The molecule has 3 amide bonds. The number of imide groups is 1. The Morgan fingerprint density at radius 1 is 1.04 bits per heavy atom. The predicted octanol–water partition coefficient (Wildman–Crippen LogP) is 3.62. The zero-order chi connectivity index (χ0) is 18.1. The van der Waals surface area contributed by atoms with Gasteiger partial charge >= 0.3 is 11.9 Å². The van der Waals surface area contributed by atoms with E-state index in [0.717, 1.165) is 10.5 Å². The molecule has 0 saturated carbocycles. The topological polar surface area (TPSA) is 40.4 Å². The maximum atomic E-state index is 14.2. The number of rotatable bonds is 4. The summed E-state index contributed by atoms with van der Waals surface area (Å²) in [6, 6.07) is 15.2. The number of hydrogen-bond donors (Lipinski definition) is 0. The SMILES string of the molecule is O=C1C2SC=CC2=[N+](CCc2ccccc2)C(=O)N1c1ccccc1F. The van der Waals surface area contributed by atoms with Crippen LogP contribution in [0.2, 0.25) is 0 Å². The van der Waals surface area contributed by atoms with Crippen molar-refractivity contribution in [2.75, 3.05) is 11.4 Å². The van der Waals surface area contributed by atoms with Crippen LogP contribution in [0, 0.1) is 5.82 Å². The molecule has 0 saturated heterocycles. The standard InChI is InChI=1S/C20H16FN2O2S/c21-15-8-4-5-9-16(15)23-19(24)18-17(11-13-26-18)22(20(23)25)12-10-14-6-2-1-3-7-14/h1-9,11,13,18H,10,12H2/q+1. The van der Waals surface area contributed by atoms with E-state index in [2.05, 4.69) is 0 Å². The zero-order valence-corrected chi connectivity index (χ0v) is 14.7. The van der Waals surface area contributed by atoms with Crippen molar-refractivity contribution in [1.82, 2.24) is 0 Å². The average Bonchev–Trinajstić information content (AvgIpc) is 3.14. The summed E-state index contributed by atoms with van der Waals surface area (Å²) in [5.41, 5.74) is 1.77. The molecular formula is C20H16FN2O2S+. The van der Waals surface area contributed by atoms with Gasteiger partial charge in [-0.3, -0.25) is 0 Å². The molecule has 26 heavy (non-hydrogen) atoms. The van der Waals surface area contributed by atoms with Gasteiger partial charge in [-0.1, -0.05) is 42.5 Å². The molecule has 2 aliphatic heterocycles. The van der Waals surface area contributed by atoms with Crippen LogP contribution in [0.4, 0.5) is 14.9 Å². The normalized spacial score (nSPS) is 19.3. The number of amides is 3. The molecule has 1 atom stereocenters. The van der Waals surface area contributed by atoms with Gasteiger partial charge in [0.2, 0.25) is 0 Å². The number of benzene rings is 2. The molecule has 0 aliphatic carbocycles. The van der Waals surface area contributed by atoms with Crippen molar-refractivity contribution in [1.29, 1.82) is 0 Å². The van der Waals surface area contributed by atoms with E-state index in [0.29, 0.717) is 18.7 Å². The first-order valence-corrected chi connectivity index (χ1v) is 9.24. The van der Waals surface area contributed by atoms with Crippen LogP contribution >= 0.6 is 11.8 Å². The van der Waals surface area contributed by atoms with Crippen molar-refractivity contribution in [3.63, 3.8) is 0 Å². The fourth-order valence-electron chi connectivity index (χ4n) is 3.17. The van der Waals surface area contributed by atoms with Crippen LogP contribution in [0.15, 0.2) is 66.1 Å². The van der Waals surface area contributed by atoms with E-state index < -0.39 is 23.0 Å². The van der Waals surface area contributed by atoms with Gasteiger partial charge in [0.05, 0.1) is 6.54 Å². The lowest BCUT2D eigenvalue weighted by atomic mass is 10.1. The summed E-state index contributed by atoms with van der Waals surface area (Å²) in [5, 5.41) is 1.30. The Kier molecular flexibility index (Phi) is 4.42. The van der Waals surface area contributed by atoms with Crippen molar-refractivity contribution in [2.45, 2.75) is 11.7 Å². The van der Waals surface area contributed by atoms with Crippen molar-refractivity contribution in [2.24, 2.45) is 0 Å². The van der Waals surface area contributed by atoms with E-state index in [1.807, 2.05) is 35.7 Å². The summed E-state index contributed by atoms with van der Waals surface area (Å²) in [7, 11) is 0. The number of anilines is 1. The molecule has 0 aromatic heterocycles. The van der Waals surface area contributed by atoms with Gasteiger partial charge in [-0.05, 0) is 29.2 Å². The molecule has 0 fully saturated rings. The third-order valence-corrected chi connectivity index (χ3v) is 5.47. The Hall–Kier alpha value is -2.73. The first-order chi connectivity index (χ1) is 12.7. The van der Waals surface area contributed by atoms with Gasteiger partial charge in [0.15, 0.2) is 16.8 Å². The summed E-state index contributed by atoms with van der Waals surface area (Å²) in [4.78, 5) is 26.8. The van der Waals surface area contributed by atoms with E-state index in [-0.39, 0.29) is 5.69 Å². The Balaban J connectivity index is 1.70. The van der Waals surface area contributed by atoms with Gasteiger partial charge in [0.1, 0.15) is 5.71 Å². The molecule has 2 heterocycles. The number of halogens is 1. The third-order valence-electron chi connectivity index (χ3n) is 4.46. The lowest BCUT2D eigenvalue weighted by Gasteiger charge is -2.24. The van der Waals surface area contributed by atoms with E-state index in [9.17, 15) is 14.0 Å². The van der Waals surface area contributed by atoms with Crippen LogP contribution in [0.25, 0.3) is 0 Å². The second-order valence-corrected chi connectivity index (χ2v) is 7.05. The quantitative estimate of drug-likeness (QED) is 0.775. The highest BCUT2D eigenvalue weighted by atomic mass is 32.2. The third kappa shape index (κ3) is 2.86. The molecule has 6 heteroatoms. The van der Waals surface area contributed by atoms with Crippen LogP contribution in [0.3, 0.4) is 0 Å². The average molecular weight is 367 g/mol. The molecule has 2 aliphatic rings. The summed E-state index contributed by atoms with van der Waals surface area (Å²) in [5.74, 6) is -0.988. The minimum atomic E-state index is -0.586. The fourth-order valence-corrected chi connectivity index (χ4v) is 4.11. The lowest BCUT2D eigenvalue weighted by Crippen LogP contribution is -2.56. The highest BCUT2D eigenvalue weighted by molar-refractivity contribution is 8.04. The van der Waals surface area contributed by atoms with Gasteiger partial charge in [-0.15, -0.1) is 16.7 Å². The minimum Gasteiger partial charge on any atom is -0.244 e. The first-order valence-electron chi connectivity index (χ1n) is 8.29. The smallest absolute Gasteiger partial charge is 0.244 e. The van der Waals surface area contributed by atoms with Crippen molar-refractivity contribution in [3.05, 3.63) is 77.5 Å². The van der Waals surface area contributed by atoms with Gasteiger partial charge in [-0.25, -0.2) is 9.18 Å². The Bertz CT molecular complexity index is 940. The van der Waals surface area contributed by atoms with E-state index in [1.165, 1.54) is 30.0 Å². The number of hydrogen-bond acceptors (Lipinski definition) is 3. The number of nitrogens with zero attached hydrogens (tertiary/aromatic N) is 2. The number of fused-ring (bicyclic) bond motifs is 1. The number of para-hydroxylation sites is 1.